The highest BCUT2D eigenvalue weighted by Gasteiger charge is 2.16. The Morgan fingerprint density at radius 1 is 0.906 bits per heavy atom. The van der Waals surface area contributed by atoms with Crippen molar-refractivity contribution in [1.29, 1.82) is 0 Å². The van der Waals surface area contributed by atoms with Gasteiger partial charge in [-0.1, -0.05) is 71.8 Å². The van der Waals surface area contributed by atoms with E-state index in [1.165, 1.54) is 30.3 Å². The molecule has 0 radical (unpaired) electrons. The Labute approximate surface area is 192 Å². The summed E-state index contributed by atoms with van der Waals surface area (Å²) in [5.74, 6) is -0.337. The molecule has 0 saturated carbocycles. The number of anilines is 1. The monoisotopic (exact) mass is 464 g/mol. The van der Waals surface area contributed by atoms with Crippen molar-refractivity contribution in [2.75, 3.05) is 4.72 Å². The largest absolute Gasteiger partial charge is 0.348 e. The molecule has 0 aromatic heterocycles. The molecule has 0 heterocycles. The van der Waals surface area contributed by atoms with Gasteiger partial charge in [-0.05, 0) is 53.6 Å². The third-order valence-corrected chi connectivity index (χ3v) is 6.83. The lowest BCUT2D eigenvalue weighted by atomic mass is 10.0. The molecule has 4 rings (SSSR count). The number of nitrogens with one attached hydrogen (secondary N) is 2. The average molecular weight is 465 g/mol. The summed E-state index contributed by atoms with van der Waals surface area (Å²) in [5.41, 5.74) is 2.51. The van der Waals surface area contributed by atoms with Crippen molar-refractivity contribution in [2.24, 2.45) is 0 Å². The van der Waals surface area contributed by atoms with Crippen molar-refractivity contribution >= 4 is 44.0 Å². The summed E-state index contributed by atoms with van der Waals surface area (Å²) >= 11 is 6.30. The van der Waals surface area contributed by atoms with Crippen molar-refractivity contribution in [1.82, 2.24) is 5.32 Å². The van der Waals surface area contributed by atoms with E-state index in [-0.39, 0.29) is 27.1 Å². The smallest absolute Gasteiger partial charge is 0.261 e. The van der Waals surface area contributed by atoms with Gasteiger partial charge in [-0.3, -0.25) is 9.52 Å². The van der Waals surface area contributed by atoms with Crippen LogP contribution in [0.3, 0.4) is 0 Å². The molecule has 4 aromatic carbocycles. The van der Waals surface area contributed by atoms with Crippen LogP contribution in [0, 0.1) is 6.92 Å². The van der Waals surface area contributed by atoms with Gasteiger partial charge < -0.3 is 5.32 Å². The molecular weight excluding hydrogens is 444 g/mol. The summed E-state index contributed by atoms with van der Waals surface area (Å²) in [4.78, 5) is 12.8. The van der Waals surface area contributed by atoms with Gasteiger partial charge in [0.1, 0.15) is 0 Å². The number of rotatable bonds is 6. The topological polar surface area (TPSA) is 75.3 Å². The van der Waals surface area contributed by atoms with Crippen LogP contribution in [0.25, 0.3) is 10.8 Å². The first kappa shape index (κ1) is 21.9. The minimum Gasteiger partial charge on any atom is -0.348 e. The molecule has 0 unspecified atom stereocenters. The lowest BCUT2D eigenvalue weighted by Crippen LogP contribution is -2.23. The molecule has 0 fully saturated rings. The van der Waals surface area contributed by atoms with Gasteiger partial charge in [-0.25, -0.2) is 8.42 Å². The highest BCUT2D eigenvalue weighted by molar-refractivity contribution is 7.92. The van der Waals surface area contributed by atoms with Crippen LogP contribution in [-0.4, -0.2) is 14.3 Å². The number of halogens is 1. The number of amides is 1. The molecule has 5 nitrogen and oxygen atoms in total. The number of carbonyl (C=O) groups excluding carboxylic acids is 1. The van der Waals surface area contributed by atoms with Crippen LogP contribution in [0.15, 0.2) is 89.8 Å². The second-order valence-corrected chi connectivity index (χ2v) is 9.52. The summed E-state index contributed by atoms with van der Waals surface area (Å²) in [5, 5.41) is 5.21. The zero-order chi connectivity index (χ0) is 22.7. The van der Waals surface area contributed by atoms with Crippen molar-refractivity contribution in [3.05, 3.63) is 107 Å². The molecule has 0 aliphatic carbocycles. The Hall–Kier alpha value is -3.35. The number of benzene rings is 4. The van der Waals surface area contributed by atoms with Gasteiger partial charge in [-0.2, -0.15) is 0 Å². The predicted molar refractivity (Wildman–Crippen MR) is 129 cm³/mol. The minimum absolute atomic E-state index is 0.149. The summed E-state index contributed by atoms with van der Waals surface area (Å²) < 4.78 is 27.6. The zero-order valence-electron chi connectivity index (χ0n) is 17.3. The maximum Gasteiger partial charge on any atom is 0.261 e. The maximum atomic E-state index is 12.7. The maximum absolute atomic E-state index is 12.7. The fourth-order valence-corrected chi connectivity index (χ4v) is 4.73. The number of hydrogen-bond donors (Lipinski definition) is 2. The number of aryl methyl sites for hydroxylation is 1. The fourth-order valence-electron chi connectivity index (χ4n) is 3.41. The van der Waals surface area contributed by atoms with E-state index in [2.05, 4.69) is 10.0 Å². The van der Waals surface area contributed by atoms with Crippen LogP contribution in [-0.2, 0) is 16.6 Å². The first-order chi connectivity index (χ1) is 15.3. The number of carbonyl (C=O) groups is 1. The normalized spacial score (nSPS) is 11.3. The fraction of sp³-hybridized carbons (Fsp3) is 0.0800. The average Bonchev–Trinajstić information content (AvgIpc) is 2.77. The van der Waals surface area contributed by atoms with E-state index in [0.29, 0.717) is 6.54 Å². The second-order valence-electron chi connectivity index (χ2n) is 7.43. The van der Waals surface area contributed by atoms with Gasteiger partial charge in [0.05, 0.1) is 21.2 Å². The third-order valence-electron chi connectivity index (χ3n) is 5.12. The Bertz CT molecular complexity index is 1400. The van der Waals surface area contributed by atoms with Gasteiger partial charge >= 0.3 is 0 Å². The second kappa shape index (κ2) is 9.02. The van der Waals surface area contributed by atoms with Gasteiger partial charge in [0.2, 0.25) is 0 Å². The van der Waals surface area contributed by atoms with Crippen molar-refractivity contribution < 1.29 is 13.2 Å². The quantitative estimate of drug-likeness (QED) is 0.393. The molecule has 0 saturated heterocycles. The number of hydrogen-bond acceptors (Lipinski definition) is 3. The molecule has 32 heavy (non-hydrogen) atoms. The van der Waals surface area contributed by atoms with E-state index in [1.807, 2.05) is 49.4 Å². The summed E-state index contributed by atoms with van der Waals surface area (Å²) in [6.45, 7) is 2.23. The van der Waals surface area contributed by atoms with E-state index in [1.54, 1.807) is 12.1 Å². The van der Waals surface area contributed by atoms with Crippen LogP contribution in [0.2, 0.25) is 5.02 Å². The molecule has 7 heteroatoms. The molecule has 0 atom stereocenters. The number of sulfonamides is 1. The molecule has 0 spiro atoms. The molecule has 0 aliphatic heterocycles. The Kier molecular flexibility index (Phi) is 6.17. The molecule has 162 valence electrons. The SMILES string of the molecule is Cc1ccc(S(=O)(=O)Nc2ccc(C(=O)NCc3cccc4ccccc34)c(Cl)c2)cc1. The van der Waals surface area contributed by atoms with E-state index in [0.717, 1.165) is 21.9 Å². The first-order valence-corrected chi connectivity index (χ1v) is 11.8. The highest BCUT2D eigenvalue weighted by atomic mass is 35.5. The van der Waals surface area contributed by atoms with Crippen LogP contribution in [0.4, 0.5) is 5.69 Å². The molecule has 2 N–H and O–H groups in total. The Morgan fingerprint density at radius 2 is 1.62 bits per heavy atom. The molecule has 1 amide bonds. The predicted octanol–water partition coefficient (Wildman–Crippen LogP) is 5.53. The summed E-state index contributed by atoms with van der Waals surface area (Å²) in [6.07, 6.45) is 0. The van der Waals surface area contributed by atoms with Crippen molar-refractivity contribution in [3.63, 3.8) is 0 Å². The Morgan fingerprint density at radius 3 is 2.38 bits per heavy atom. The standard InChI is InChI=1S/C25H21ClN2O3S/c1-17-9-12-21(13-10-17)32(30,31)28-20-11-14-23(24(26)15-20)25(29)27-16-19-7-4-6-18-5-2-3-8-22(18)19/h2-15,28H,16H2,1H3,(H,27,29). The van der Waals surface area contributed by atoms with Gasteiger partial charge in [-0.15, -0.1) is 0 Å². The molecule has 4 aromatic rings. The lowest BCUT2D eigenvalue weighted by molar-refractivity contribution is 0.0951. The van der Waals surface area contributed by atoms with E-state index in [4.69, 9.17) is 11.6 Å². The van der Waals surface area contributed by atoms with Crippen molar-refractivity contribution in [3.8, 4) is 0 Å². The van der Waals surface area contributed by atoms with Gasteiger partial charge in [0.15, 0.2) is 0 Å². The van der Waals surface area contributed by atoms with Crippen LogP contribution in [0.1, 0.15) is 21.5 Å². The van der Waals surface area contributed by atoms with Crippen LogP contribution >= 0.6 is 11.6 Å². The number of fused-ring (bicyclic) bond motifs is 1. The highest BCUT2D eigenvalue weighted by Crippen LogP contribution is 2.24. The van der Waals surface area contributed by atoms with E-state index >= 15 is 0 Å². The molecule has 0 bridgehead atoms. The van der Waals surface area contributed by atoms with Crippen LogP contribution < -0.4 is 10.0 Å². The van der Waals surface area contributed by atoms with Gasteiger partial charge in [0.25, 0.3) is 15.9 Å². The summed E-state index contributed by atoms with van der Waals surface area (Å²) in [6, 6.07) is 24.9. The minimum atomic E-state index is -3.76. The summed E-state index contributed by atoms with van der Waals surface area (Å²) in [7, 11) is -3.76. The van der Waals surface area contributed by atoms with E-state index in [9.17, 15) is 13.2 Å². The zero-order valence-corrected chi connectivity index (χ0v) is 18.9. The Balaban J connectivity index is 1.48. The van der Waals surface area contributed by atoms with Crippen LogP contribution in [0.5, 0.6) is 0 Å². The molecular formula is C25H21ClN2O3S. The van der Waals surface area contributed by atoms with Crippen molar-refractivity contribution in [2.45, 2.75) is 18.4 Å². The van der Waals surface area contributed by atoms with Gasteiger partial charge in [0, 0.05) is 6.54 Å². The van der Waals surface area contributed by atoms with E-state index < -0.39 is 10.0 Å². The lowest BCUT2D eigenvalue weighted by Gasteiger charge is -2.12. The first-order valence-electron chi connectivity index (χ1n) is 9.97. The third kappa shape index (κ3) is 4.77. The molecule has 0 aliphatic rings.